The quantitative estimate of drug-likeness (QED) is 0.454. The normalized spacial score (nSPS) is 62.7. The van der Waals surface area contributed by atoms with E-state index in [9.17, 15) is 25.2 Å². The van der Waals surface area contributed by atoms with Crippen molar-refractivity contribution >= 4 is 5.97 Å². The molecular formula is C15H22O7. The molecule has 4 rings (SSSR count). The van der Waals surface area contributed by atoms with Crippen molar-refractivity contribution in [2.45, 2.75) is 56.2 Å². The van der Waals surface area contributed by atoms with Crippen LogP contribution in [0.25, 0.3) is 0 Å². The van der Waals surface area contributed by atoms with Crippen LogP contribution in [0.5, 0.6) is 0 Å². The monoisotopic (exact) mass is 314 g/mol. The molecule has 0 radical (unpaired) electrons. The molecule has 22 heavy (non-hydrogen) atoms. The summed E-state index contributed by atoms with van der Waals surface area (Å²) in [5, 5.41) is 42.8. The molecule has 7 atom stereocenters. The lowest BCUT2D eigenvalue weighted by atomic mass is 9.47. The first-order valence-electron chi connectivity index (χ1n) is 7.75. The van der Waals surface area contributed by atoms with Crippen molar-refractivity contribution in [2.75, 3.05) is 13.2 Å². The Labute approximate surface area is 127 Å². The highest BCUT2D eigenvalue weighted by atomic mass is 16.7. The molecule has 0 aromatic heterocycles. The van der Waals surface area contributed by atoms with Gasteiger partial charge in [-0.25, -0.2) is 4.79 Å². The molecule has 0 aromatic carbocycles. The SMILES string of the molecule is C[C@@H]1CC[C@@]23O[C@]4(O)C[C@@]12[C@@H](O)C(=O)OC[C@@]3(CO)[C@@]4(C)O. The molecule has 7 heteroatoms. The van der Waals surface area contributed by atoms with Gasteiger partial charge in [0.25, 0.3) is 0 Å². The van der Waals surface area contributed by atoms with Crippen molar-refractivity contribution in [3.8, 4) is 0 Å². The summed E-state index contributed by atoms with van der Waals surface area (Å²) in [5.74, 6) is -2.80. The number of hydrogen-bond donors (Lipinski definition) is 4. The fourth-order valence-corrected chi connectivity index (χ4v) is 5.97. The van der Waals surface area contributed by atoms with Crippen LogP contribution in [-0.4, -0.2) is 62.7 Å². The summed E-state index contributed by atoms with van der Waals surface area (Å²) in [5.41, 5.74) is -5.38. The highest BCUT2D eigenvalue weighted by Gasteiger charge is 2.91. The Bertz CT molecular complexity index is 562. The van der Waals surface area contributed by atoms with Crippen LogP contribution in [0.2, 0.25) is 0 Å². The molecule has 1 aliphatic carbocycles. The van der Waals surface area contributed by atoms with E-state index >= 15 is 0 Å². The van der Waals surface area contributed by atoms with Crippen LogP contribution < -0.4 is 0 Å². The number of fused-ring (bicyclic) bond motifs is 1. The fourth-order valence-electron chi connectivity index (χ4n) is 5.97. The third-order valence-corrected chi connectivity index (χ3v) is 7.34. The highest BCUT2D eigenvalue weighted by Crippen LogP contribution is 2.79. The lowest BCUT2D eigenvalue weighted by Crippen LogP contribution is -2.72. The first-order chi connectivity index (χ1) is 10.1. The Morgan fingerprint density at radius 1 is 1.36 bits per heavy atom. The van der Waals surface area contributed by atoms with Gasteiger partial charge in [0.15, 0.2) is 11.9 Å². The first kappa shape index (κ1) is 14.8. The van der Waals surface area contributed by atoms with Crippen molar-refractivity contribution in [2.24, 2.45) is 16.7 Å². The summed E-state index contributed by atoms with van der Waals surface area (Å²) >= 11 is 0. The molecule has 0 unspecified atom stereocenters. The van der Waals surface area contributed by atoms with E-state index in [1.165, 1.54) is 6.92 Å². The second-order valence-electron chi connectivity index (χ2n) is 7.69. The molecule has 1 spiro atoms. The number of cyclic esters (lactones) is 1. The van der Waals surface area contributed by atoms with Crippen LogP contribution >= 0.6 is 0 Å². The summed E-state index contributed by atoms with van der Waals surface area (Å²) in [4.78, 5) is 12.2. The van der Waals surface area contributed by atoms with Gasteiger partial charge in [0.2, 0.25) is 0 Å². The standard InChI is InChI=1S/C15H22O7/c1-8-3-4-14-12(6-16)7-21-10(18)9(17)13(8,14)5-15(20,22-14)11(12,2)19/h8-9,16-17,19-20H,3-7H2,1-2H3/t8-,9+,11-,12+,13+,14+,15-/m1/s1. The lowest BCUT2D eigenvalue weighted by Gasteiger charge is -2.56. The molecule has 4 aliphatic rings. The molecule has 4 fully saturated rings. The van der Waals surface area contributed by atoms with Gasteiger partial charge in [-0.15, -0.1) is 0 Å². The van der Waals surface area contributed by atoms with E-state index in [-0.39, 0.29) is 18.9 Å². The van der Waals surface area contributed by atoms with Crippen LogP contribution in [-0.2, 0) is 14.3 Å². The molecule has 7 nitrogen and oxygen atoms in total. The van der Waals surface area contributed by atoms with Crippen LogP contribution in [0, 0.1) is 16.7 Å². The Morgan fingerprint density at radius 3 is 2.68 bits per heavy atom. The molecule has 3 heterocycles. The van der Waals surface area contributed by atoms with Gasteiger partial charge in [-0.1, -0.05) is 6.92 Å². The maximum Gasteiger partial charge on any atom is 0.335 e. The van der Waals surface area contributed by atoms with E-state index in [0.29, 0.717) is 12.8 Å². The minimum atomic E-state index is -1.92. The first-order valence-corrected chi connectivity index (χ1v) is 7.75. The van der Waals surface area contributed by atoms with Crippen LogP contribution in [0.15, 0.2) is 0 Å². The maximum absolute atomic E-state index is 12.2. The van der Waals surface area contributed by atoms with Crippen molar-refractivity contribution < 1.29 is 34.7 Å². The zero-order chi connectivity index (χ0) is 16.2. The maximum atomic E-state index is 12.2. The summed E-state index contributed by atoms with van der Waals surface area (Å²) in [6.45, 7) is 2.53. The van der Waals surface area contributed by atoms with Gasteiger partial charge in [-0.05, 0) is 25.7 Å². The summed E-state index contributed by atoms with van der Waals surface area (Å²) in [7, 11) is 0. The zero-order valence-corrected chi connectivity index (χ0v) is 12.7. The average molecular weight is 314 g/mol. The number of aliphatic hydroxyl groups excluding tert-OH is 2. The molecule has 2 bridgehead atoms. The summed E-state index contributed by atoms with van der Waals surface area (Å²) in [6, 6.07) is 0. The number of carbonyl (C=O) groups excluding carboxylic acids is 1. The third kappa shape index (κ3) is 1.05. The van der Waals surface area contributed by atoms with Gasteiger partial charge in [-0.2, -0.15) is 0 Å². The Balaban J connectivity index is 2.06. The van der Waals surface area contributed by atoms with E-state index < -0.39 is 46.5 Å². The summed E-state index contributed by atoms with van der Waals surface area (Å²) < 4.78 is 11.1. The largest absolute Gasteiger partial charge is 0.463 e. The smallest absolute Gasteiger partial charge is 0.335 e. The van der Waals surface area contributed by atoms with E-state index in [2.05, 4.69) is 0 Å². The van der Waals surface area contributed by atoms with Crippen molar-refractivity contribution in [3.63, 3.8) is 0 Å². The molecule has 0 amide bonds. The Morgan fingerprint density at radius 2 is 2.05 bits per heavy atom. The number of esters is 1. The second kappa shape index (κ2) is 3.67. The topological polar surface area (TPSA) is 116 Å². The van der Waals surface area contributed by atoms with Crippen molar-refractivity contribution in [1.82, 2.24) is 0 Å². The highest BCUT2D eigenvalue weighted by molar-refractivity contribution is 5.77. The summed E-state index contributed by atoms with van der Waals surface area (Å²) in [6.07, 6.45) is -0.366. The number of carbonyl (C=O) groups is 1. The molecule has 4 N–H and O–H groups in total. The minimum absolute atomic E-state index is 0.0494. The van der Waals surface area contributed by atoms with E-state index in [1.54, 1.807) is 0 Å². The molecule has 3 saturated heterocycles. The fraction of sp³-hybridized carbons (Fsp3) is 0.933. The van der Waals surface area contributed by atoms with E-state index in [0.717, 1.165) is 0 Å². The van der Waals surface area contributed by atoms with Gasteiger partial charge in [0.1, 0.15) is 12.2 Å². The molecule has 0 aromatic rings. The number of aliphatic hydroxyl groups is 4. The van der Waals surface area contributed by atoms with Gasteiger partial charge >= 0.3 is 5.97 Å². The predicted molar refractivity (Wildman–Crippen MR) is 71.3 cm³/mol. The van der Waals surface area contributed by atoms with Crippen LogP contribution in [0.4, 0.5) is 0 Å². The minimum Gasteiger partial charge on any atom is -0.463 e. The Hall–Kier alpha value is -0.730. The average Bonchev–Trinajstić information content (AvgIpc) is 2.93. The molecule has 1 saturated carbocycles. The van der Waals surface area contributed by atoms with Gasteiger partial charge in [-0.3, -0.25) is 0 Å². The third-order valence-electron chi connectivity index (χ3n) is 7.34. The van der Waals surface area contributed by atoms with Gasteiger partial charge in [0.05, 0.1) is 17.6 Å². The lowest BCUT2D eigenvalue weighted by molar-refractivity contribution is -0.261. The predicted octanol–water partition coefficient (Wildman–Crippen LogP) is -1.09. The van der Waals surface area contributed by atoms with Gasteiger partial charge < -0.3 is 29.9 Å². The number of ether oxygens (including phenoxy) is 2. The molecular weight excluding hydrogens is 292 g/mol. The second-order valence-corrected chi connectivity index (χ2v) is 7.69. The van der Waals surface area contributed by atoms with E-state index in [1.807, 2.05) is 6.92 Å². The van der Waals surface area contributed by atoms with Crippen LogP contribution in [0.1, 0.15) is 33.1 Å². The zero-order valence-electron chi connectivity index (χ0n) is 12.7. The van der Waals surface area contributed by atoms with Crippen molar-refractivity contribution in [3.05, 3.63) is 0 Å². The molecule has 124 valence electrons. The van der Waals surface area contributed by atoms with Crippen LogP contribution in [0.3, 0.4) is 0 Å². The van der Waals surface area contributed by atoms with Gasteiger partial charge in [0, 0.05) is 11.8 Å². The van der Waals surface area contributed by atoms with Crippen molar-refractivity contribution in [1.29, 1.82) is 0 Å². The van der Waals surface area contributed by atoms with E-state index in [4.69, 9.17) is 9.47 Å². The Kier molecular flexibility index (Phi) is 2.48. The molecule has 3 aliphatic heterocycles. The number of hydrogen-bond acceptors (Lipinski definition) is 7. The number of rotatable bonds is 1.